The molecule has 0 radical (unpaired) electrons. The van der Waals surface area contributed by atoms with Gasteiger partial charge in [0.05, 0.1) is 6.10 Å². The van der Waals surface area contributed by atoms with Gasteiger partial charge in [0.2, 0.25) is 0 Å². The van der Waals surface area contributed by atoms with E-state index >= 15 is 0 Å². The Kier molecular flexibility index (Phi) is 3.78. The summed E-state index contributed by atoms with van der Waals surface area (Å²) in [6, 6.07) is 0. The Hall–Kier alpha value is -0.0400. The molecule has 1 nitrogen and oxygen atoms in total. The molecular formula is C12H24O. The lowest BCUT2D eigenvalue weighted by molar-refractivity contribution is 0.0323. The normalized spacial score (nSPS) is 41.1. The maximum Gasteiger partial charge on any atom is 0.0545 e. The van der Waals surface area contributed by atoms with Gasteiger partial charge in [0.1, 0.15) is 0 Å². The lowest BCUT2D eigenvalue weighted by Gasteiger charge is -2.37. The van der Waals surface area contributed by atoms with Crippen molar-refractivity contribution in [2.75, 3.05) is 0 Å². The van der Waals surface area contributed by atoms with Crippen LogP contribution in [0.25, 0.3) is 0 Å². The molecule has 0 spiro atoms. The van der Waals surface area contributed by atoms with Crippen molar-refractivity contribution in [3.05, 3.63) is 0 Å². The molecule has 0 bridgehead atoms. The second-order valence-corrected chi connectivity index (χ2v) is 5.35. The molecule has 0 saturated heterocycles. The fourth-order valence-electron chi connectivity index (χ4n) is 2.69. The van der Waals surface area contributed by atoms with Gasteiger partial charge < -0.3 is 5.11 Å². The van der Waals surface area contributed by atoms with Crippen LogP contribution in [0.15, 0.2) is 0 Å². The fraction of sp³-hybridized carbons (Fsp3) is 1.00. The molecule has 0 amide bonds. The van der Waals surface area contributed by atoms with E-state index in [1.165, 1.54) is 6.42 Å². The van der Waals surface area contributed by atoms with Crippen LogP contribution in [0, 0.1) is 23.7 Å². The number of aliphatic hydroxyl groups is 1. The Labute approximate surface area is 82.5 Å². The molecule has 1 aliphatic rings. The summed E-state index contributed by atoms with van der Waals surface area (Å²) >= 11 is 0. The van der Waals surface area contributed by atoms with Gasteiger partial charge in [-0.3, -0.25) is 0 Å². The molecule has 1 heteroatoms. The van der Waals surface area contributed by atoms with Crippen LogP contribution < -0.4 is 0 Å². The zero-order chi connectivity index (χ0) is 10.0. The predicted octanol–water partition coefficient (Wildman–Crippen LogP) is 3.08. The van der Waals surface area contributed by atoms with Gasteiger partial charge in [-0.05, 0) is 42.9 Å². The zero-order valence-corrected chi connectivity index (χ0v) is 9.46. The van der Waals surface area contributed by atoms with E-state index in [4.69, 9.17) is 0 Å². The number of hydrogen-bond donors (Lipinski definition) is 1. The first-order chi connectivity index (χ1) is 6.00. The average molecular weight is 184 g/mol. The lowest BCUT2D eigenvalue weighted by atomic mass is 9.70. The lowest BCUT2D eigenvalue weighted by Crippen LogP contribution is -2.33. The average Bonchev–Trinajstić information content (AvgIpc) is 1.98. The maximum absolute atomic E-state index is 9.68. The van der Waals surface area contributed by atoms with Gasteiger partial charge in [-0.15, -0.1) is 0 Å². The van der Waals surface area contributed by atoms with Crippen molar-refractivity contribution in [3.8, 4) is 0 Å². The second kappa shape index (κ2) is 4.45. The molecular weight excluding hydrogens is 160 g/mol. The Morgan fingerprint density at radius 3 is 2.38 bits per heavy atom. The van der Waals surface area contributed by atoms with Crippen LogP contribution in [0.4, 0.5) is 0 Å². The molecule has 0 aliphatic heterocycles. The summed E-state index contributed by atoms with van der Waals surface area (Å²) in [5.74, 6) is 3.02. The molecule has 0 aromatic carbocycles. The molecule has 0 aromatic rings. The summed E-state index contributed by atoms with van der Waals surface area (Å²) in [5, 5.41) is 9.68. The summed E-state index contributed by atoms with van der Waals surface area (Å²) in [6.07, 6.45) is 3.29. The van der Waals surface area contributed by atoms with Gasteiger partial charge >= 0.3 is 0 Å². The topological polar surface area (TPSA) is 20.2 Å². The summed E-state index contributed by atoms with van der Waals surface area (Å²) < 4.78 is 0. The van der Waals surface area contributed by atoms with E-state index in [1.807, 2.05) is 0 Å². The number of aliphatic hydroxyl groups excluding tert-OH is 1. The quantitative estimate of drug-likeness (QED) is 0.699. The van der Waals surface area contributed by atoms with Crippen LogP contribution in [-0.4, -0.2) is 11.2 Å². The highest BCUT2D eigenvalue weighted by atomic mass is 16.3. The highest BCUT2D eigenvalue weighted by Gasteiger charge is 2.31. The fourth-order valence-corrected chi connectivity index (χ4v) is 2.69. The van der Waals surface area contributed by atoms with Crippen molar-refractivity contribution in [2.24, 2.45) is 23.7 Å². The van der Waals surface area contributed by atoms with E-state index in [9.17, 15) is 5.11 Å². The van der Waals surface area contributed by atoms with Crippen molar-refractivity contribution in [1.82, 2.24) is 0 Å². The third-order valence-corrected chi connectivity index (χ3v) is 3.63. The molecule has 78 valence electrons. The van der Waals surface area contributed by atoms with E-state index < -0.39 is 0 Å². The molecule has 1 rings (SSSR count). The van der Waals surface area contributed by atoms with Crippen molar-refractivity contribution in [3.63, 3.8) is 0 Å². The molecule has 4 atom stereocenters. The zero-order valence-electron chi connectivity index (χ0n) is 9.46. The van der Waals surface area contributed by atoms with Gasteiger partial charge in [0.15, 0.2) is 0 Å². The predicted molar refractivity (Wildman–Crippen MR) is 56.5 cm³/mol. The molecule has 0 aromatic heterocycles. The molecule has 13 heavy (non-hydrogen) atoms. The summed E-state index contributed by atoms with van der Waals surface area (Å²) in [6.45, 7) is 9.18. The molecule has 4 unspecified atom stereocenters. The van der Waals surface area contributed by atoms with Crippen LogP contribution in [0.2, 0.25) is 0 Å². The minimum atomic E-state index is -0.0325. The number of rotatable bonds is 2. The maximum atomic E-state index is 9.68. The van der Waals surface area contributed by atoms with E-state index in [-0.39, 0.29) is 6.10 Å². The minimum Gasteiger partial charge on any atom is -0.393 e. The van der Waals surface area contributed by atoms with E-state index in [0.29, 0.717) is 5.92 Å². The summed E-state index contributed by atoms with van der Waals surface area (Å²) in [7, 11) is 0. The molecule has 1 aliphatic carbocycles. The van der Waals surface area contributed by atoms with Crippen molar-refractivity contribution in [1.29, 1.82) is 0 Å². The van der Waals surface area contributed by atoms with E-state index in [1.54, 1.807) is 0 Å². The van der Waals surface area contributed by atoms with Crippen LogP contribution in [0.3, 0.4) is 0 Å². The van der Waals surface area contributed by atoms with Gasteiger partial charge in [0.25, 0.3) is 0 Å². The first kappa shape index (κ1) is 11.0. The first-order valence-corrected chi connectivity index (χ1v) is 5.68. The molecule has 0 heterocycles. The van der Waals surface area contributed by atoms with Crippen LogP contribution in [0.5, 0.6) is 0 Å². The Balaban J connectivity index is 2.50. The standard InChI is InChI=1S/C12H24O/c1-8(2)5-11-7-12(13)6-9(3)10(11)4/h8-13H,5-7H2,1-4H3. The van der Waals surface area contributed by atoms with E-state index in [2.05, 4.69) is 27.7 Å². The van der Waals surface area contributed by atoms with Gasteiger partial charge in [0, 0.05) is 0 Å². The SMILES string of the molecule is CC(C)CC1CC(O)CC(C)C1C. The number of hydrogen-bond acceptors (Lipinski definition) is 1. The van der Waals surface area contributed by atoms with Gasteiger partial charge in [-0.2, -0.15) is 0 Å². The monoisotopic (exact) mass is 184 g/mol. The van der Waals surface area contributed by atoms with Gasteiger partial charge in [-0.1, -0.05) is 27.7 Å². The summed E-state index contributed by atoms with van der Waals surface area (Å²) in [5.41, 5.74) is 0. The molecule has 1 fully saturated rings. The Bertz CT molecular complexity index is 151. The molecule has 1 N–H and O–H groups in total. The first-order valence-electron chi connectivity index (χ1n) is 5.68. The summed E-state index contributed by atoms with van der Waals surface area (Å²) in [4.78, 5) is 0. The second-order valence-electron chi connectivity index (χ2n) is 5.35. The highest BCUT2D eigenvalue weighted by Crippen LogP contribution is 2.37. The largest absolute Gasteiger partial charge is 0.393 e. The third kappa shape index (κ3) is 2.98. The minimum absolute atomic E-state index is 0.0325. The smallest absolute Gasteiger partial charge is 0.0545 e. The van der Waals surface area contributed by atoms with Crippen LogP contribution in [-0.2, 0) is 0 Å². The van der Waals surface area contributed by atoms with Crippen molar-refractivity contribution < 1.29 is 5.11 Å². The van der Waals surface area contributed by atoms with Crippen molar-refractivity contribution >= 4 is 0 Å². The Morgan fingerprint density at radius 2 is 1.85 bits per heavy atom. The van der Waals surface area contributed by atoms with Crippen LogP contribution >= 0.6 is 0 Å². The highest BCUT2D eigenvalue weighted by molar-refractivity contribution is 4.82. The van der Waals surface area contributed by atoms with E-state index in [0.717, 1.165) is 30.6 Å². The van der Waals surface area contributed by atoms with Crippen molar-refractivity contribution in [2.45, 2.75) is 53.1 Å². The Morgan fingerprint density at radius 1 is 1.23 bits per heavy atom. The molecule has 1 saturated carbocycles. The van der Waals surface area contributed by atoms with Gasteiger partial charge in [-0.25, -0.2) is 0 Å². The van der Waals surface area contributed by atoms with Crippen LogP contribution in [0.1, 0.15) is 47.0 Å². The third-order valence-electron chi connectivity index (χ3n) is 3.63.